The molecular weight excluding hydrogens is 246 g/mol. The van der Waals surface area contributed by atoms with Crippen LogP contribution in [0.3, 0.4) is 0 Å². The molecule has 0 atom stereocenters. The highest BCUT2D eigenvalue weighted by Crippen LogP contribution is 2.37. The molecule has 19 heavy (non-hydrogen) atoms. The largest absolute Gasteiger partial charge is 0.507 e. The number of aromatic hydroxyl groups is 1. The van der Waals surface area contributed by atoms with E-state index >= 15 is 0 Å². The van der Waals surface area contributed by atoms with Crippen molar-refractivity contribution >= 4 is 5.69 Å². The highest BCUT2D eigenvalue weighted by Gasteiger charge is 2.17. The molecule has 0 spiro atoms. The van der Waals surface area contributed by atoms with Gasteiger partial charge >= 0.3 is 0 Å². The van der Waals surface area contributed by atoms with Crippen LogP contribution in [0, 0.1) is 13.8 Å². The van der Waals surface area contributed by atoms with Crippen molar-refractivity contribution in [2.75, 3.05) is 12.1 Å². The van der Waals surface area contributed by atoms with Gasteiger partial charge in [0.1, 0.15) is 5.75 Å². The first-order chi connectivity index (χ1) is 9.15. The Balaban J connectivity index is 1.81. The molecule has 0 aliphatic carbocycles. The molecule has 3 N–H and O–H groups in total. The van der Waals surface area contributed by atoms with Gasteiger partial charge < -0.3 is 19.9 Å². The van der Waals surface area contributed by atoms with E-state index in [4.69, 9.17) is 9.47 Å². The predicted octanol–water partition coefficient (Wildman–Crippen LogP) is 2.07. The second-order valence-corrected chi connectivity index (χ2v) is 4.50. The van der Waals surface area contributed by atoms with E-state index in [0.29, 0.717) is 18.0 Å². The van der Waals surface area contributed by atoms with Crippen molar-refractivity contribution in [2.45, 2.75) is 20.4 Å². The summed E-state index contributed by atoms with van der Waals surface area (Å²) in [5, 5.41) is 20.2. The first kappa shape index (κ1) is 11.7. The lowest BCUT2D eigenvalue weighted by atomic mass is 10.1. The summed E-state index contributed by atoms with van der Waals surface area (Å²) in [4.78, 5) is 0. The number of aromatic nitrogens is 2. The minimum atomic E-state index is 0.190. The molecule has 2 aromatic rings. The Kier molecular flexibility index (Phi) is 2.70. The summed E-state index contributed by atoms with van der Waals surface area (Å²) in [5.41, 5.74) is 3.58. The molecule has 1 aliphatic heterocycles. The summed E-state index contributed by atoms with van der Waals surface area (Å²) >= 11 is 0. The second kappa shape index (κ2) is 4.38. The van der Waals surface area contributed by atoms with Gasteiger partial charge in [0.25, 0.3) is 0 Å². The van der Waals surface area contributed by atoms with Gasteiger partial charge in [0.15, 0.2) is 11.5 Å². The third kappa shape index (κ3) is 2.05. The van der Waals surface area contributed by atoms with E-state index in [-0.39, 0.29) is 12.5 Å². The summed E-state index contributed by atoms with van der Waals surface area (Å²) < 4.78 is 10.5. The number of nitrogens with zero attached hydrogens (tertiary/aromatic N) is 1. The summed E-state index contributed by atoms with van der Waals surface area (Å²) in [6, 6.07) is 3.36. The highest BCUT2D eigenvalue weighted by molar-refractivity contribution is 5.55. The molecule has 0 radical (unpaired) electrons. The van der Waals surface area contributed by atoms with Gasteiger partial charge in [0.05, 0.1) is 17.1 Å². The lowest BCUT2D eigenvalue weighted by Gasteiger charge is -2.09. The number of hydrogen-bond donors (Lipinski definition) is 3. The molecule has 2 heterocycles. The number of nitrogens with one attached hydrogen (secondary N) is 2. The van der Waals surface area contributed by atoms with Crippen molar-refractivity contribution in [3.63, 3.8) is 0 Å². The maximum Gasteiger partial charge on any atom is 0.231 e. The van der Waals surface area contributed by atoms with Gasteiger partial charge in [-0.25, -0.2) is 0 Å². The lowest BCUT2D eigenvalue weighted by Crippen LogP contribution is -2.01. The Labute approximate surface area is 110 Å². The fraction of sp³-hybridized carbons (Fsp3) is 0.308. The number of hydrogen-bond acceptors (Lipinski definition) is 5. The normalized spacial score (nSPS) is 12.7. The van der Waals surface area contributed by atoms with Gasteiger partial charge in [-0.15, -0.1) is 0 Å². The molecule has 100 valence electrons. The molecule has 1 aromatic heterocycles. The number of fused-ring (bicyclic) bond motifs is 1. The van der Waals surface area contributed by atoms with E-state index in [1.165, 1.54) is 0 Å². The number of aromatic amines is 1. The van der Waals surface area contributed by atoms with Crippen LogP contribution in [-0.2, 0) is 6.54 Å². The second-order valence-electron chi connectivity index (χ2n) is 4.50. The van der Waals surface area contributed by atoms with Crippen molar-refractivity contribution in [3.05, 3.63) is 29.1 Å². The summed E-state index contributed by atoms with van der Waals surface area (Å²) in [7, 11) is 0. The fourth-order valence-electron chi connectivity index (χ4n) is 2.11. The maximum atomic E-state index is 9.94. The smallest absolute Gasteiger partial charge is 0.231 e. The van der Waals surface area contributed by atoms with Crippen molar-refractivity contribution in [1.82, 2.24) is 10.2 Å². The maximum absolute atomic E-state index is 9.94. The number of rotatable bonds is 3. The van der Waals surface area contributed by atoms with Crippen molar-refractivity contribution < 1.29 is 14.6 Å². The molecule has 6 heteroatoms. The van der Waals surface area contributed by atoms with E-state index in [9.17, 15) is 5.11 Å². The Morgan fingerprint density at radius 3 is 2.74 bits per heavy atom. The number of anilines is 1. The molecule has 0 bridgehead atoms. The minimum absolute atomic E-state index is 0.190. The molecule has 1 aromatic carbocycles. The van der Waals surface area contributed by atoms with Gasteiger partial charge in [-0.3, -0.25) is 5.10 Å². The van der Waals surface area contributed by atoms with Crippen LogP contribution in [0.25, 0.3) is 0 Å². The number of ether oxygens (including phenoxy) is 2. The molecule has 6 nitrogen and oxygen atoms in total. The molecule has 1 aliphatic rings. The van der Waals surface area contributed by atoms with E-state index in [0.717, 1.165) is 22.6 Å². The number of aryl methyl sites for hydroxylation is 2. The molecule has 0 saturated heterocycles. The Hall–Kier alpha value is -2.37. The lowest BCUT2D eigenvalue weighted by molar-refractivity contribution is 0.174. The van der Waals surface area contributed by atoms with E-state index in [2.05, 4.69) is 15.5 Å². The monoisotopic (exact) mass is 261 g/mol. The summed E-state index contributed by atoms with van der Waals surface area (Å²) in [6.45, 7) is 4.56. The van der Waals surface area contributed by atoms with Crippen LogP contribution < -0.4 is 14.8 Å². The standard InChI is InChI=1S/C13H15N3O3/c1-7-13(8(2)16-15-7)14-5-9-3-11-12(4-10(9)17)19-6-18-11/h3-4,14,17H,5-6H2,1-2H3,(H,15,16). The minimum Gasteiger partial charge on any atom is -0.507 e. The van der Waals surface area contributed by atoms with Gasteiger partial charge in [0.2, 0.25) is 6.79 Å². The van der Waals surface area contributed by atoms with Crippen LogP contribution in [-0.4, -0.2) is 22.1 Å². The van der Waals surface area contributed by atoms with Crippen LogP contribution >= 0.6 is 0 Å². The zero-order valence-electron chi connectivity index (χ0n) is 10.8. The molecule has 0 saturated carbocycles. The van der Waals surface area contributed by atoms with Crippen molar-refractivity contribution in [2.24, 2.45) is 0 Å². The molecular formula is C13H15N3O3. The van der Waals surface area contributed by atoms with Crippen LogP contribution in [0.1, 0.15) is 17.0 Å². The Morgan fingerprint density at radius 2 is 2.05 bits per heavy atom. The van der Waals surface area contributed by atoms with Crippen LogP contribution in [0.2, 0.25) is 0 Å². The Morgan fingerprint density at radius 1 is 1.32 bits per heavy atom. The van der Waals surface area contributed by atoms with Gasteiger partial charge in [-0.05, 0) is 19.9 Å². The van der Waals surface area contributed by atoms with Crippen molar-refractivity contribution in [1.29, 1.82) is 0 Å². The Bertz CT molecular complexity index is 602. The zero-order valence-corrected chi connectivity index (χ0v) is 10.8. The molecule has 0 unspecified atom stereocenters. The van der Waals surface area contributed by atoms with Crippen LogP contribution in [0.4, 0.5) is 5.69 Å². The molecule has 0 fully saturated rings. The SMILES string of the molecule is Cc1n[nH]c(C)c1NCc1cc2c(cc1O)OCO2. The third-order valence-electron chi connectivity index (χ3n) is 3.16. The van der Waals surface area contributed by atoms with Crippen molar-refractivity contribution in [3.8, 4) is 17.2 Å². The zero-order chi connectivity index (χ0) is 13.4. The van der Waals surface area contributed by atoms with Crippen LogP contribution in [0.15, 0.2) is 12.1 Å². The average Bonchev–Trinajstić information content (AvgIpc) is 2.94. The highest BCUT2D eigenvalue weighted by atomic mass is 16.7. The van der Waals surface area contributed by atoms with Crippen LogP contribution in [0.5, 0.6) is 17.2 Å². The third-order valence-corrected chi connectivity index (χ3v) is 3.16. The molecule has 0 amide bonds. The topological polar surface area (TPSA) is 79.4 Å². The first-order valence-corrected chi connectivity index (χ1v) is 6.02. The van der Waals surface area contributed by atoms with E-state index in [1.54, 1.807) is 12.1 Å². The van der Waals surface area contributed by atoms with Gasteiger partial charge in [-0.1, -0.05) is 0 Å². The van der Waals surface area contributed by atoms with Gasteiger partial charge in [0, 0.05) is 18.2 Å². The summed E-state index contributed by atoms with van der Waals surface area (Å²) in [5.74, 6) is 1.43. The average molecular weight is 261 g/mol. The van der Waals surface area contributed by atoms with E-state index in [1.807, 2.05) is 13.8 Å². The summed E-state index contributed by atoms with van der Waals surface area (Å²) in [6.07, 6.45) is 0. The van der Waals surface area contributed by atoms with Gasteiger partial charge in [-0.2, -0.15) is 5.10 Å². The quantitative estimate of drug-likeness (QED) is 0.788. The number of H-pyrrole nitrogens is 1. The number of benzene rings is 1. The van der Waals surface area contributed by atoms with E-state index < -0.39 is 0 Å². The predicted molar refractivity (Wildman–Crippen MR) is 69.6 cm³/mol. The number of phenols is 1. The fourth-order valence-corrected chi connectivity index (χ4v) is 2.11. The molecule has 3 rings (SSSR count). The first-order valence-electron chi connectivity index (χ1n) is 6.02. The number of phenolic OH excluding ortho intramolecular Hbond substituents is 1.